The van der Waals surface area contributed by atoms with Crippen LogP contribution in [0.25, 0.3) is 21.5 Å². The lowest BCUT2D eigenvalue weighted by molar-refractivity contribution is -0.124. The van der Waals surface area contributed by atoms with Crippen molar-refractivity contribution in [1.29, 1.82) is 0 Å². The lowest BCUT2D eigenvalue weighted by Gasteiger charge is -2.25. The second-order valence-corrected chi connectivity index (χ2v) is 9.83. The molecule has 33 heavy (non-hydrogen) atoms. The number of halogens is 1. The number of aromatic nitrogens is 2. The third kappa shape index (κ3) is 4.59. The third-order valence-corrected chi connectivity index (χ3v) is 7.42. The van der Waals surface area contributed by atoms with Gasteiger partial charge in [-0.1, -0.05) is 11.6 Å². The van der Waals surface area contributed by atoms with Gasteiger partial charge in [0.25, 0.3) is 0 Å². The molecule has 2 aromatic heterocycles. The first-order valence-corrected chi connectivity index (χ1v) is 12.1. The molecule has 0 unspecified atom stereocenters. The van der Waals surface area contributed by atoms with Crippen LogP contribution in [0, 0.1) is 6.92 Å². The summed E-state index contributed by atoms with van der Waals surface area (Å²) in [6.45, 7) is 4.87. The van der Waals surface area contributed by atoms with Crippen molar-refractivity contribution in [3.05, 3.63) is 45.6 Å². The number of carbonyl (C=O) groups excluding carboxylic acids is 2. The fourth-order valence-electron chi connectivity index (χ4n) is 4.36. The minimum Gasteiger partial charge on any atom is -0.375 e. The second-order valence-electron chi connectivity index (χ2n) is 8.25. The molecule has 0 aliphatic carbocycles. The standard InChI is InChI=1S/C23H24ClN5O3S/c1-13-6-14(24)7-18(17(13)8-15-10-25-3-5-32-15)21-22-19(27-12-28-21)9-16(33-22)2-4-29-20(30)11-26-23(29)31/h6-7,9,12,15,25H,2-5,8,10-11H2,1H3,(H,26,31)/t15-/m0/s1. The van der Waals surface area contributed by atoms with Gasteiger partial charge in [-0.2, -0.15) is 0 Å². The van der Waals surface area contributed by atoms with Crippen LogP contribution in [0.3, 0.4) is 0 Å². The first kappa shape index (κ1) is 22.2. The zero-order valence-corrected chi connectivity index (χ0v) is 19.8. The Balaban J connectivity index is 1.48. The van der Waals surface area contributed by atoms with E-state index in [1.807, 2.05) is 18.2 Å². The van der Waals surface area contributed by atoms with Crippen molar-refractivity contribution in [2.45, 2.75) is 25.9 Å². The monoisotopic (exact) mass is 485 g/mol. The van der Waals surface area contributed by atoms with E-state index in [9.17, 15) is 9.59 Å². The quantitative estimate of drug-likeness (QED) is 0.521. The van der Waals surface area contributed by atoms with Gasteiger partial charge < -0.3 is 15.4 Å². The molecule has 2 N–H and O–H groups in total. The first-order chi connectivity index (χ1) is 16.0. The molecule has 0 spiro atoms. The van der Waals surface area contributed by atoms with Gasteiger partial charge >= 0.3 is 6.03 Å². The maximum atomic E-state index is 11.9. The summed E-state index contributed by atoms with van der Waals surface area (Å²) in [5.41, 5.74) is 4.95. The molecule has 2 aliphatic heterocycles. The van der Waals surface area contributed by atoms with Crippen LogP contribution in [0.4, 0.5) is 4.79 Å². The van der Waals surface area contributed by atoms with Crippen LogP contribution in [0.15, 0.2) is 24.5 Å². The number of thiophene rings is 1. The van der Waals surface area contributed by atoms with E-state index in [1.54, 1.807) is 17.7 Å². The van der Waals surface area contributed by atoms with Gasteiger partial charge in [0.05, 0.1) is 35.2 Å². The number of rotatable bonds is 6. The van der Waals surface area contributed by atoms with E-state index in [-0.39, 0.29) is 24.6 Å². The highest BCUT2D eigenvalue weighted by molar-refractivity contribution is 7.19. The molecule has 3 aromatic rings. The normalized spacial score (nSPS) is 18.8. The van der Waals surface area contributed by atoms with E-state index < -0.39 is 0 Å². The Labute approximate surface area is 200 Å². The molecule has 4 heterocycles. The second kappa shape index (κ2) is 9.34. The lowest BCUT2D eigenvalue weighted by Crippen LogP contribution is -2.39. The van der Waals surface area contributed by atoms with Gasteiger partial charge in [-0.3, -0.25) is 9.69 Å². The average Bonchev–Trinajstić information content (AvgIpc) is 3.37. The lowest BCUT2D eigenvalue weighted by atomic mass is 9.94. The third-order valence-electron chi connectivity index (χ3n) is 6.01. The van der Waals surface area contributed by atoms with Crippen molar-refractivity contribution in [3.8, 4) is 11.3 Å². The molecular formula is C23H24ClN5O3S. The molecule has 3 amide bonds. The maximum Gasteiger partial charge on any atom is 0.324 e. The molecule has 0 radical (unpaired) electrons. The number of imide groups is 1. The van der Waals surface area contributed by atoms with Gasteiger partial charge in [0.2, 0.25) is 5.91 Å². The highest BCUT2D eigenvalue weighted by Gasteiger charge is 2.28. The molecule has 8 nitrogen and oxygen atoms in total. The number of hydrogen-bond donors (Lipinski definition) is 2. The number of ether oxygens (including phenoxy) is 1. The van der Waals surface area contributed by atoms with E-state index in [1.165, 1.54) is 10.5 Å². The van der Waals surface area contributed by atoms with Crippen molar-refractivity contribution in [1.82, 2.24) is 25.5 Å². The Morgan fingerprint density at radius 1 is 1.27 bits per heavy atom. The summed E-state index contributed by atoms with van der Waals surface area (Å²) in [6, 6.07) is 5.62. The number of nitrogens with one attached hydrogen (secondary N) is 2. The zero-order valence-electron chi connectivity index (χ0n) is 18.2. The SMILES string of the molecule is Cc1cc(Cl)cc(-c2ncnc3cc(CCN4C(=O)CNC4=O)sc23)c1C[C@H]1CNCCO1. The van der Waals surface area contributed by atoms with E-state index in [2.05, 4.69) is 27.5 Å². The summed E-state index contributed by atoms with van der Waals surface area (Å²) in [7, 11) is 0. The number of aryl methyl sites for hydroxylation is 1. The number of hydrogen-bond acceptors (Lipinski definition) is 7. The van der Waals surface area contributed by atoms with Crippen LogP contribution >= 0.6 is 22.9 Å². The summed E-state index contributed by atoms with van der Waals surface area (Å²) in [6.07, 6.45) is 3.01. The molecule has 0 bridgehead atoms. The summed E-state index contributed by atoms with van der Waals surface area (Å²) in [5.74, 6) is -0.194. The minimum absolute atomic E-state index is 0.0675. The fourth-order valence-corrected chi connectivity index (χ4v) is 5.73. The molecule has 1 aromatic carbocycles. The number of urea groups is 1. The van der Waals surface area contributed by atoms with Crippen LogP contribution < -0.4 is 10.6 Å². The van der Waals surface area contributed by atoms with Gasteiger partial charge in [0.15, 0.2) is 0 Å². The van der Waals surface area contributed by atoms with Gasteiger partial charge in [0.1, 0.15) is 6.33 Å². The largest absolute Gasteiger partial charge is 0.375 e. The predicted molar refractivity (Wildman–Crippen MR) is 128 cm³/mol. The van der Waals surface area contributed by atoms with Crippen molar-refractivity contribution in [3.63, 3.8) is 0 Å². The minimum atomic E-state index is -0.333. The van der Waals surface area contributed by atoms with Crippen LogP contribution in [0.5, 0.6) is 0 Å². The Morgan fingerprint density at radius 2 is 2.15 bits per heavy atom. The number of amides is 3. The van der Waals surface area contributed by atoms with Crippen LogP contribution in [0.2, 0.25) is 5.02 Å². The van der Waals surface area contributed by atoms with Crippen molar-refractivity contribution in [2.75, 3.05) is 32.8 Å². The maximum absolute atomic E-state index is 11.9. The van der Waals surface area contributed by atoms with Gasteiger partial charge in [-0.15, -0.1) is 11.3 Å². The number of nitrogens with zero attached hydrogens (tertiary/aromatic N) is 3. The summed E-state index contributed by atoms with van der Waals surface area (Å²) in [5, 5.41) is 6.61. The Kier molecular flexibility index (Phi) is 6.29. The molecular weight excluding hydrogens is 462 g/mol. The summed E-state index contributed by atoms with van der Waals surface area (Å²) in [4.78, 5) is 35.1. The number of carbonyl (C=O) groups is 2. The summed E-state index contributed by atoms with van der Waals surface area (Å²) >= 11 is 8.05. The van der Waals surface area contributed by atoms with E-state index in [0.29, 0.717) is 24.6 Å². The van der Waals surface area contributed by atoms with E-state index in [0.717, 1.165) is 51.4 Å². The van der Waals surface area contributed by atoms with Crippen molar-refractivity contribution in [2.24, 2.45) is 0 Å². The molecule has 2 saturated heterocycles. The van der Waals surface area contributed by atoms with Crippen LogP contribution in [-0.4, -0.2) is 65.7 Å². The molecule has 0 saturated carbocycles. The molecule has 172 valence electrons. The highest BCUT2D eigenvalue weighted by Crippen LogP contribution is 2.37. The van der Waals surface area contributed by atoms with Crippen molar-refractivity contribution < 1.29 is 14.3 Å². The van der Waals surface area contributed by atoms with Crippen LogP contribution in [0.1, 0.15) is 16.0 Å². The van der Waals surface area contributed by atoms with Crippen LogP contribution in [-0.2, 0) is 22.4 Å². The van der Waals surface area contributed by atoms with Gasteiger partial charge in [-0.05, 0) is 36.2 Å². The van der Waals surface area contributed by atoms with E-state index in [4.69, 9.17) is 16.3 Å². The number of fused-ring (bicyclic) bond motifs is 1. The molecule has 10 heteroatoms. The smallest absolute Gasteiger partial charge is 0.324 e. The van der Waals surface area contributed by atoms with E-state index >= 15 is 0 Å². The Hall–Kier alpha value is -2.59. The van der Waals surface area contributed by atoms with Gasteiger partial charge in [0, 0.05) is 47.9 Å². The Morgan fingerprint density at radius 3 is 2.91 bits per heavy atom. The molecule has 1 atom stereocenters. The number of morpholine rings is 1. The van der Waals surface area contributed by atoms with Gasteiger partial charge in [-0.25, -0.2) is 14.8 Å². The first-order valence-electron chi connectivity index (χ1n) is 10.9. The Bertz CT molecular complexity index is 1210. The fraction of sp³-hybridized carbons (Fsp3) is 0.391. The predicted octanol–water partition coefficient (Wildman–Crippen LogP) is 2.95. The molecule has 5 rings (SSSR count). The van der Waals surface area contributed by atoms with Crippen molar-refractivity contribution >= 4 is 45.1 Å². The number of benzene rings is 1. The molecule has 2 aliphatic rings. The average molecular weight is 486 g/mol. The highest BCUT2D eigenvalue weighted by atomic mass is 35.5. The molecule has 2 fully saturated rings. The zero-order chi connectivity index (χ0) is 22.9. The summed E-state index contributed by atoms with van der Waals surface area (Å²) < 4.78 is 6.93. The topological polar surface area (TPSA) is 96.5 Å².